The van der Waals surface area contributed by atoms with Crippen LogP contribution in [0.3, 0.4) is 0 Å². The molecule has 0 aliphatic heterocycles. The lowest BCUT2D eigenvalue weighted by atomic mass is 10.1. The molecule has 0 aliphatic rings. The van der Waals surface area contributed by atoms with Crippen LogP contribution in [0.15, 0.2) is 54.7 Å². The highest BCUT2D eigenvalue weighted by molar-refractivity contribution is 5.96. The van der Waals surface area contributed by atoms with Crippen LogP contribution in [-0.2, 0) is 16.0 Å². The SMILES string of the molecule is NC(=O)COc1ccc(C(=O)NNC(=O)Cc2c[nH]c3ccccc23)cc1. The summed E-state index contributed by atoms with van der Waals surface area (Å²) in [6, 6.07) is 13.7. The fourth-order valence-electron chi connectivity index (χ4n) is 2.55. The zero-order chi connectivity index (χ0) is 19.2. The minimum absolute atomic E-state index is 0.129. The molecule has 1 aromatic heterocycles. The van der Waals surface area contributed by atoms with E-state index in [1.54, 1.807) is 6.20 Å². The molecule has 138 valence electrons. The van der Waals surface area contributed by atoms with E-state index in [4.69, 9.17) is 10.5 Å². The van der Waals surface area contributed by atoms with Gasteiger partial charge in [0.1, 0.15) is 5.75 Å². The zero-order valence-corrected chi connectivity index (χ0v) is 14.3. The third-order valence-electron chi connectivity index (χ3n) is 3.84. The first-order valence-electron chi connectivity index (χ1n) is 8.18. The number of fused-ring (bicyclic) bond motifs is 1. The van der Waals surface area contributed by atoms with Gasteiger partial charge in [-0.25, -0.2) is 0 Å². The molecule has 0 fully saturated rings. The summed E-state index contributed by atoms with van der Waals surface area (Å²) in [6.45, 7) is -0.241. The van der Waals surface area contributed by atoms with E-state index in [1.807, 2.05) is 24.3 Å². The molecule has 0 atom stereocenters. The molecular weight excluding hydrogens is 348 g/mol. The van der Waals surface area contributed by atoms with E-state index in [0.717, 1.165) is 16.5 Å². The number of ether oxygens (including phenoxy) is 1. The van der Waals surface area contributed by atoms with Crippen LogP contribution in [0.2, 0.25) is 0 Å². The molecule has 0 unspecified atom stereocenters. The zero-order valence-electron chi connectivity index (χ0n) is 14.3. The van der Waals surface area contributed by atoms with E-state index >= 15 is 0 Å². The highest BCUT2D eigenvalue weighted by Gasteiger charge is 2.11. The maximum absolute atomic E-state index is 12.1. The molecule has 2 aromatic carbocycles. The van der Waals surface area contributed by atoms with Crippen LogP contribution in [0, 0.1) is 0 Å². The molecule has 1 heterocycles. The number of amides is 3. The first-order valence-corrected chi connectivity index (χ1v) is 8.18. The van der Waals surface area contributed by atoms with Gasteiger partial charge in [-0.1, -0.05) is 18.2 Å². The third kappa shape index (κ3) is 4.63. The number of hydrazine groups is 1. The molecule has 3 rings (SSSR count). The molecule has 0 aliphatic carbocycles. The van der Waals surface area contributed by atoms with Gasteiger partial charge in [0.2, 0.25) is 5.91 Å². The lowest BCUT2D eigenvalue weighted by Crippen LogP contribution is -2.42. The Morgan fingerprint density at radius 3 is 2.48 bits per heavy atom. The van der Waals surface area contributed by atoms with Gasteiger partial charge in [-0.3, -0.25) is 25.2 Å². The Labute approximate surface area is 154 Å². The van der Waals surface area contributed by atoms with Gasteiger partial charge < -0.3 is 15.5 Å². The van der Waals surface area contributed by atoms with E-state index < -0.39 is 11.8 Å². The second-order valence-electron chi connectivity index (χ2n) is 5.82. The predicted octanol–water partition coefficient (Wildman–Crippen LogP) is 1.04. The molecule has 3 aromatic rings. The molecule has 8 nitrogen and oxygen atoms in total. The number of primary amides is 1. The van der Waals surface area contributed by atoms with E-state index in [2.05, 4.69) is 15.8 Å². The number of para-hydroxylation sites is 1. The van der Waals surface area contributed by atoms with Gasteiger partial charge in [0.05, 0.1) is 6.42 Å². The van der Waals surface area contributed by atoms with Crippen molar-refractivity contribution in [2.75, 3.05) is 6.61 Å². The Morgan fingerprint density at radius 1 is 1.00 bits per heavy atom. The second-order valence-corrected chi connectivity index (χ2v) is 5.82. The van der Waals surface area contributed by atoms with E-state index in [1.165, 1.54) is 24.3 Å². The largest absolute Gasteiger partial charge is 0.484 e. The number of H-pyrrole nitrogens is 1. The fraction of sp³-hybridized carbons (Fsp3) is 0.105. The number of aromatic nitrogens is 1. The summed E-state index contributed by atoms with van der Waals surface area (Å²) in [6.07, 6.45) is 1.90. The van der Waals surface area contributed by atoms with Crippen LogP contribution >= 0.6 is 0 Å². The Balaban J connectivity index is 1.52. The number of aromatic amines is 1. The monoisotopic (exact) mass is 366 g/mol. The molecule has 8 heteroatoms. The van der Waals surface area contributed by atoms with E-state index in [-0.39, 0.29) is 18.9 Å². The minimum atomic E-state index is -0.588. The van der Waals surface area contributed by atoms with Gasteiger partial charge in [0.15, 0.2) is 6.61 Å². The van der Waals surface area contributed by atoms with Gasteiger partial charge in [-0.2, -0.15) is 0 Å². The first kappa shape index (κ1) is 18.0. The summed E-state index contributed by atoms with van der Waals surface area (Å²) in [4.78, 5) is 38.0. The van der Waals surface area contributed by atoms with Crippen molar-refractivity contribution < 1.29 is 19.1 Å². The topological polar surface area (TPSA) is 126 Å². The average Bonchev–Trinajstić information content (AvgIpc) is 3.08. The lowest BCUT2D eigenvalue weighted by Gasteiger charge is -2.08. The minimum Gasteiger partial charge on any atom is -0.484 e. The molecule has 5 N–H and O–H groups in total. The Bertz CT molecular complexity index is 979. The van der Waals surface area contributed by atoms with Crippen LogP contribution in [-0.4, -0.2) is 29.3 Å². The van der Waals surface area contributed by atoms with Crippen LogP contribution < -0.4 is 21.3 Å². The smallest absolute Gasteiger partial charge is 0.269 e. The Kier molecular flexibility index (Phi) is 5.36. The van der Waals surface area contributed by atoms with E-state index in [0.29, 0.717) is 11.3 Å². The Hall–Kier alpha value is -3.81. The molecular formula is C19H18N4O4. The third-order valence-corrected chi connectivity index (χ3v) is 3.84. The quantitative estimate of drug-likeness (QED) is 0.486. The number of rotatable bonds is 6. The van der Waals surface area contributed by atoms with Crippen LogP contribution in [0.25, 0.3) is 10.9 Å². The van der Waals surface area contributed by atoms with Gasteiger partial charge in [0, 0.05) is 22.7 Å². The standard InChI is InChI=1S/C19H18N4O4/c20-17(24)11-27-14-7-5-12(6-8-14)19(26)23-22-18(25)9-13-10-21-16-4-2-1-3-15(13)16/h1-8,10,21H,9,11H2,(H2,20,24)(H,22,25)(H,23,26). The average molecular weight is 366 g/mol. The first-order chi connectivity index (χ1) is 13.0. The number of carbonyl (C=O) groups excluding carboxylic acids is 3. The Morgan fingerprint density at radius 2 is 1.74 bits per heavy atom. The van der Waals surface area contributed by atoms with Gasteiger partial charge >= 0.3 is 0 Å². The van der Waals surface area contributed by atoms with Crippen LogP contribution in [0.4, 0.5) is 0 Å². The number of benzene rings is 2. The van der Waals surface area contributed by atoms with Crippen molar-refractivity contribution in [2.24, 2.45) is 5.73 Å². The summed E-state index contributed by atoms with van der Waals surface area (Å²) >= 11 is 0. The predicted molar refractivity (Wildman–Crippen MR) is 98.7 cm³/mol. The lowest BCUT2D eigenvalue weighted by molar-refractivity contribution is -0.121. The van der Waals surface area contributed by atoms with Gasteiger partial charge in [-0.05, 0) is 35.9 Å². The molecule has 0 saturated carbocycles. The summed E-state index contributed by atoms with van der Waals surface area (Å²) in [5.74, 6) is -0.985. The summed E-state index contributed by atoms with van der Waals surface area (Å²) < 4.78 is 5.12. The number of nitrogens with one attached hydrogen (secondary N) is 3. The van der Waals surface area contributed by atoms with Crippen molar-refractivity contribution in [3.63, 3.8) is 0 Å². The molecule has 0 saturated heterocycles. The maximum Gasteiger partial charge on any atom is 0.269 e. The summed E-state index contributed by atoms with van der Waals surface area (Å²) in [5.41, 5.74) is 11.9. The highest BCUT2D eigenvalue weighted by atomic mass is 16.5. The second kappa shape index (κ2) is 8.05. The van der Waals surface area contributed by atoms with E-state index in [9.17, 15) is 14.4 Å². The maximum atomic E-state index is 12.1. The normalized spacial score (nSPS) is 10.4. The van der Waals surface area contributed by atoms with Crippen molar-refractivity contribution in [1.82, 2.24) is 15.8 Å². The summed E-state index contributed by atoms with van der Waals surface area (Å²) in [7, 11) is 0. The number of carbonyl (C=O) groups is 3. The number of hydrogen-bond acceptors (Lipinski definition) is 4. The van der Waals surface area contributed by atoms with Gasteiger partial charge in [-0.15, -0.1) is 0 Å². The molecule has 0 radical (unpaired) electrons. The molecule has 0 bridgehead atoms. The number of hydrogen-bond donors (Lipinski definition) is 4. The fourth-order valence-corrected chi connectivity index (χ4v) is 2.55. The van der Waals surface area contributed by atoms with Crippen molar-refractivity contribution in [3.8, 4) is 5.75 Å². The van der Waals surface area contributed by atoms with Gasteiger partial charge in [0.25, 0.3) is 11.8 Å². The van der Waals surface area contributed by atoms with Crippen molar-refractivity contribution in [3.05, 3.63) is 65.9 Å². The van der Waals surface area contributed by atoms with Crippen LogP contribution in [0.1, 0.15) is 15.9 Å². The molecule has 3 amide bonds. The molecule has 0 spiro atoms. The van der Waals surface area contributed by atoms with Crippen molar-refractivity contribution in [2.45, 2.75) is 6.42 Å². The van der Waals surface area contributed by atoms with Crippen LogP contribution in [0.5, 0.6) is 5.75 Å². The summed E-state index contributed by atoms with van der Waals surface area (Å²) in [5, 5.41) is 0.963. The van der Waals surface area contributed by atoms with Crippen molar-refractivity contribution in [1.29, 1.82) is 0 Å². The molecule has 27 heavy (non-hydrogen) atoms. The highest BCUT2D eigenvalue weighted by Crippen LogP contribution is 2.18. The van der Waals surface area contributed by atoms with Crippen molar-refractivity contribution >= 4 is 28.6 Å². The number of nitrogens with two attached hydrogens (primary N) is 1.